The minimum absolute atomic E-state index is 0.216. The summed E-state index contributed by atoms with van der Waals surface area (Å²) in [6, 6.07) is -0.800. The predicted molar refractivity (Wildman–Crippen MR) is 41.3 cm³/mol. The second-order valence-electron chi connectivity index (χ2n) is 2.77. The molecule has 0 radical (unpaired) electrons. The highest BCUT2D eigenvalue weighted by Gasteiger charge is 2.22. The lowest BCUT2D eigenvalue weighted by atomic mass is 10.0. The van der Waals surface area contributed by atoms with E-state index in [1.54, 1.807) is 0 Å². The number of hydrogen-bond acceptors (Lipinski definition) is 3. The van der Waals surface area contributed by atoms with Crippen LogP contribution >= 0.6 is 0 Å². The van der Waals surface area contributed by atoms with Gasteiger partial charge in [0.2, 0.25) is 5.91 Å². The lowest BCUT2D eigenvalue weighted by Crippen LogP contribution is -2.41. The van der Waals surface area contributed by atoms with Crippen molar-refractivity contribution in [2.45, 2.75) is 12.8 Å². The molecule has 0 aromatic rings. The first kappa shape index (κ1) is 8.99. The second kappa shape index (κ2) is 4.06. The van der Waals surface area contributed by atoms with Crippen LogP contribution in [0.1, 0.15) is 12.8 Å². The van der Waals surface area contributed by atoms with Crippen molar-refractivity contribution in [2.75, 3.05) is 13.2 Å². The van der Waals surface area contributed by atoms with Crippen molar-refractivity contribution in [3.63, 3.8) is 0 Å². The molecule has 1 aliphatic heterocycles. The summed E-state index contributed by atoms with van der Waals surface area (Å²) in [5.74, 6) is -0.548. The van der Waals surface area contributed by atoms with Crippen molar-refractivity contribution >= 4 is 11.9 Å². The summed E-state index contributed by atoms with van der Waals surface area (Å²) in [6.45, 7) is 1.08. The molecule has 5 heteroatoms. The molecule has 12 heavy (non-hydrogen) atoms. The lowest BCUT2D eigenvalue weighted by Gasteiger charge is -2.20. The summed E-state index contributed by atoms with van der Waals surface area (Å²) < 4.78 is 5.07. The Hall–Kier alpha value is -1.10. The van der Waals surface area contributed by atoms with Gasteiger partial charge < -0.3 is 10.5 Å². The van der Waals surface area contributed by atoms with Gasteiger partial charge in [-0.3, -0.25) is 10.1 Å². The fraction of sp³-hybridized carbons (Fsp3) is 0.714. The van der Waals surface area contributed by atoms with Crippen molar-refractivity contribution in [1.82, 2.24) is 5.32 Å². The number of carbonyl (C=O) groups excluding carboxylic acids is 2. The maximum Gasteiger partial charge on any atom is 0.318 e. The van der Waals surface area contributed by atoms with Crippen LogP contribution in [0.15, 0.2) is 0 Å². The minimum Gasteiger partial charge on any atom is -0.381 e. The van der Waals surface area contributed by atoms with E-state index in [4.69, 9.17) is 10.5 Å². The summed E-state index contributed by atoms with van der Waals surface area (Å²) in [5, 5.41) is 2.03. The normalized spacial score (nSPS) is 23.2. The average molecular weight is 172 g/mol. The fourth-order valence-electron chi connectivity index (χ4n) is 1.17. The van der Waals surface area contributed by atoms with Gasteiger partial charge in [0, 0.05) is 6.61 Å². The molecule has 1 aliphatic rings. The van der Waals surface area contributed by atoms with Gasteiger partial charge >= 0.3 is 6.03 Å². The standard InChI is InChI=1S/C7H12N2O3/c8-7(11)9-6(10)5-2-1-3-12-4-5/h5H,1-4H2,(H3,8,9,10,11). The number of nitrogens with one attached hydrogen (secondary N) is 1. The molecule has 0 aromatic carbocycles. The molecule has 0 aliphatic carbocycles. The van der Waals surface area contributed by atoms with Gasteiger partial charge in [-0.2, -0.15) is 0 Å². The van der Waals surface area contributed by atoms with E-state index in [2.05, 4.69) is 0 Å². The Morgan fingerprint density at radius 3 is 2.75 bits per heavy atom. The lowest BCUT2D eigenvalue weighted by molar-refractivity contribution is -0.127. The van der Waals surface area contributed by atoms with E-state index in [-0.39, 0.29) is 11.8 Å². The number of imide groups is 1. The molecule has 0 saturated carbocycles. The summed E-state index contributed by atoms with van der Waals surface area (Å²) in [5.41, 5.74) is 4.79. The Balaban J connectivity index is 2.34. The van der Waals surface area contributed by atoms with Gasteiger partial charge in [-0.15, -0.1) is 0 Å². The van der Waals surface area contributed by atoms with Gasteiger partial charge in [-0.05, 0) is 12.8 Å². The monoisotopic (exact) mass is 172 g/mol. The van der Waals surface area contributed by atoms with Gasteiger partial charge in [0.05, 0.1) is 12.5 Å². The molecule has 3 N–H and O–H groups in total. The number of urea groups is 1. The van der Waals surface area contributed by atoms with Crippen LogP contribution in [-0.2, 0) is 9.53 Å². The Labute approximate surface area is 70.2 Å². The van der Waals surface area contributed by atoms with Gasteiger partial charge in [-0.1, -0.05) is 0 Å². The van der Waals surface area contributed by atoms with Crippen LogP contribution in [0.3, 0.4) is 0 Å². The van der Waals surface area contributed by atoms with E-state index >= 15 is 0 Å². The first-order valence-electron chi connectivity index (χ1n) is 3.88. The van der Waals surface area contributed by atoms with Crippen LogP contribution in [0, 0.1) is 5.92 Å². The zero-order valence-electron chi connectivity index (χ0n) is 6.71. The molecule has 1 fully saturated rings. The van der Waals surface area contributed by atoms with Crippen LogP contribution in [-0.4, -0.2) is 25.2 Å². The highest BCUT2D eigenvalue weighted by Crippen LogP contribution is 2.12. The number of amides is 3. The molecule has 0 spiro atoms. The van der Waals surface area contributed by atoms with Crippen molar-refractivity contribution in [3.8, 4) is 0 Å². The largest absolute Gasteiger partial charge is 0.381 e. The molecule has 1 atom stereocenters. The van der Waals surface area contributed by atoms with E-state index in [1.807, 2.05) is 5.32 Å². The zero-order chi connectivity index (χ0) is 8.97. The maximum atomic E-state index is 11.1. The first-order chi connectivity index (χ1) is 5.70. The smallest absolute Gasteiger partial charge is 0.318 e. The molecular formula is C7H12N2O3. The van der Waals surface area contributed by atoms with Gasteiger partial charge in [-0.25, -0.2) is 4.79 Å². The number of carbonyl (C=O) groups is 2. The molecule has 1 unspecified atom stereocenters. The van der Waals surface area contributed by atoms with Gasteiger partial charge in [0.25, 0.3) is 0 Å². The quantitative estimate of drug-likeness (QED) is 0.565. The van der Waals surface area contributed by atoms with Gasteiger partial charge in [0.1, 0.15) is 0 Å². The molecule has 5 nitrogen and oxygen atoms in total. The molecular weight excluding hydrogens is 160 g/mol. The van der Waals surface area contributed by atoms with Crippen LogP contribution in [0.4, 0.5) is 4.79 Å². The highest BCUT2D eigenvalue weighted by atomic mass is 16.5. The molecule has 1 heterocycles. The van der Waals surface area contributed by atoms with Crippen molar-refractivity contribution in [1.29, 1.82) is 0 Å². The second-order valence-corrected chi connectivity index (χ2v) is 2.77. The maximum absolute atomic E-state index is 11.1. The zero-order valence-corrected chi connectivity index (χ0v) is 6.71. The molecule has 68 valence electrons. The summed E-state index contributed by atoms with van der Waals surface area (Å²) in [4.78, 5) is 21.4. The molecule has 3 amide bonds. The Morgan fingerprint density at radius 1 is 1.50 bits per heavy atom. The highest BCUT2D eigenvalue weighted by molar-refractivity contribution is 5.94. The topological polar surface area (TPSA) is 81.4 Å². The molecule has 1 rings (SSSR count). The van der Waals surface area contributed by atoms with E-state index in [9.17, 15) is 9.59 Å². The summed E-state index contributed by atoms with van der Waals surface area (Å²) >= 11 is 0. The molecule has 0 aromatic heterocycles. The van der Waals surface area contributed by atoms with E-state index in [1.165, 1.54) is 0 Å². The summed E-state index contributed by atoms with van der Waals surface area (Å²) in [7, 11) is 0. The average Bonchev–Trinajstić information content (AvgIpc) is 2.05. The molecule has 0 bridgehead atoms. The molecule has 1 saturated heterocycles. The third-order valence-electron chi connectivity index (χ3n) is 1.78. The Kier molecular flexibility index (Phi) is 3.04. The van der Waals surface area contributed by atoms with Crippen molar-refractivity contribution in [2.24, 2.45) is 11.7 Å². The van der Waals surface area contributed by atoms with E-state index in [0.717, 1.165) is 12.8 Å². The van der Waals surface area contributed by atoms with Crippen molar-refractivity contribution in [3.05, 3.63) is 0 Å². The van der Waals surface area contributed by atoms with Crippen LogP contribution < -0.4 is 11.1 Å². The third-order valence-corrected chi connectivity index (χ3v) is 1.78. The van der Waals surface area contributed by atoms with Crippen molar-refractivity contribution < 1.29 is 14.3 Å². The number of hydrogen-bond donors (Lipinski definition) is 2. The minimum atomic E-state index is -0.800. The van der Waals surface area contributed by atoms with Crippen LogP contribution in [0.25, 0.3) is 0 Å². The van der Waals surface area contributed by atoms with E-state index < -0.39 is 6.03 Å². The predicted octanol–water partition coefficient (Wildman–Crippen LogP) is -0.392. The van der Waals surface area contributed by atoms with Crippen LogP contribution in [0.2, 0.25) is 0 Å². The van der Waals surface area contributed by atoms with Crippen LogP contribution in [0.5, 0.6) is 0 Å². The number of primary amides is 1. The number of nitrogens with two attached hydrogens (primary N) is 1. The number of ether oxygens (including phenoxy) is 1. The first-order valence-corrected chi connectivity index (χ1v) is 3.88. The Bertz CT molecular complexity index is 187. The third kappa shape index (κ3) is 2.50. The SMILES string of the molecule is NC(=O)NC(=O)C1CCCOC1. The Morgan fingerprint density at radius 2 is 2.25 bits per heavy atom. The van der Waals surface area contributed by atoms with Gasteiger partial charge in [0.15, 0.2) is 0 Å². The van der Waals surface area contributed by atoms with E-state index in [0.29, 0.717) is 13.2 Å². The fourth-order valence-corrected chi connectivity index (χ4v) is 1.17. The number of rotatable bonds is 1. The summed E-state index contributed by atoms with van der Waals surface area (Å²) in [6.07, 6.45) is 1.62.